The highest BCUT2D eigenvalue weighted by Crippen LogP contribution is 2.31. The molecule has 3 aromatic rings. The Morgan fingerprint density at radius 1 is 1.20 bits per heavy atom. The SMILES string of the molecule is COc1ccc(NC(=O)CSc2nc3c(C)c(C#N)ncc3[nH]2)cc1N[C@H]1CC[C@H](NC(=O)OC(C)(C)C)CC1. The number of hydrogen-bond donors (Lipinski definition) is 4. The van der Waals surface area contributed by atoms with E-state index in [9.17, 15) is 14.9 Å². The van der Waals surface area contributed by atoms with Crippen LogP contribution in [0.2, 0.25) is 0 Å². The van der Waals surface area contributed by atoms with Gasteiger partial charge < -0.3 is 30.4 Å². The van der Waals surface area contributed by atoms with Gasteiger partial charge in [-0.15, -0.1) is 0 Å². The van der Waals surface area contributed by atoms with Gasteiger partial charge in [0.05, 0.1) is 35.8 Å². The summed E-state index contributed by atoms with van der Waals surface area (Å²) in [7, 11) is 1.61. The van der Waals surface area contributed by atoms with Gasteiger partial charge >= 0.3 is 6.09 Å². The first-order chi connectivity index (χ1) is 19.0. The number of hydrogen-bond acceptors (Lipinski definition) is 9. The number of fused-ring (bicyclic) bond motifs is 1. The molecule has 0 saturated heterocycles. The molecule has 1 saturated carbocycles. The average molecular weight is 566 g/mol. The van der Waals surface area contributed by atoms with Gasteiger partial charge in [0.2, 0.25) is 5.91 Å². The lowest BCUT2D eigenvalue weighted by Gasteiger charge is -2.31. The van der Waals surface area contributed by atoms with E-state index in [1.165, 1.54) is 11.8 Å². The van der Waals surface area contributed by atoms with Crippen LogP contribution in [0.25, 0.3) is 11.0 Å². The standard InChI is InChI=1S/C28H35N7O4S/c1-16-21(13-29)30-14-22-25(16)35-26(34-22)40-15-24(36)32-19-10-11-23(38-5)20(12-19)31-17-6-8-18(9-7-17)33-27(37)39-28(2,3)4/h10-12,14,17-18,31H,6-9,15H2,1-5H3,(H,32,36)(H,33,37)(H,34,35)/t17-,18-. The summed E-state index contributed by atoms with van der Waals surface area (Å²) in [5.41, 5.74) is 3.37. The lowest BCUT2D eigenvalue weighted by molar-refractivity contribution is -0.113. The number of aromatic nitrogens is 3. The van der Waals surface area contributed by atoms with Crippen molar-refractivity contribution in [1.82, 2.24) is 20.3 Å². The van der Waals surface area contributed by atoms with E-state index < -0.39 is 5.60 Å². The second-order valence-electron chi connectivity index (χ2n) is 10.7. The number of methoxy groups -OCH3 is 1. The Kier molecular flexibility index (Phi) is 9.04. The largest absolute Gasteiger partial charge is 0.495 e. The van der Waals surface area contributed by atoms with Gasteiger partial charge in [-0.05, 0) is 71.6 Å². The van der Waals surface area contributed by atoms with Crippen LogP contribution in [-0.4, -0.2) is 57.5 Å². The maximum Gasteiger partial charge on any atom is 0.407 e. The van der Waals surface area contributed by atoms with Gasteiger partial charge in [-0.25, -0.2) is 14.8 Å². The van der Waals surface area contributed by atoms with E-state index in [0.717, 1.165) is 36.9 Å². The molecule has 2 amide bonds. The number of aryl methyl sites for hydroxylation is 1. The van der Waals surface area contributed by atoms with Crippen LogP contribution in [0.3, 0.4) is 0 Å². The highest BCUT2D eigenvalue weighted by atomic mass is 32.2. The summed E-state index contributed by atoms with van der Waals surface area (Å²) >= 11 is 1.27. The maximum absolute atomic E-state index is 12.7. The molecule has 0 atom stereocenters. The normalized spacial score (nSPS) is 17.1. The van der Waals surface area contributed by atoms with Gasteiger partial charge in [-0.3, -0.25) is 4.79 Å². The maximum atomic E-state index is 12.7. The average Bonchev–Trinajstić information content (AvgIpc) is 3.32. The monoisotopic (exact) mass is 565 g/mol. The van der Waals surface area contributed by atoms with Crippen LogP contribution < -0.4 is 20.7 Å². The van der Waals surface area contributed by atoms with E-state index in [1.807, 2.05) is 32.9 Å². The van der Waals surface area contributed by atoms with Gasteiger partial charge in [-0.2, -0.15) is 5.26 Å². The van der Waals surface area contributed by atoms with Crippen LogP contribution in [0, 0.1) is 18.3 Å². The third-order valence-electron chi connectivity index (χ3n) is 6.48. The van der Waals surface area contributed by atoms with Crippen molar-refractivity contribution in [2.45, 2.75) is 76.2 Å². The van der Waals surface area contributed by atoms with Crippen LogP contribution >= 0.6 is 11.8 Å². The number of H-pyrrole nitrogens is 1. The van der Waals surface area contributed by atoms with Gasteiger partial charge in [0.15, 0.2) is 5.16 Å². The number of aromatic amines is 1. The summed E-state index contributed by atoms with van der Waals surface area (Å²) in [6.07, 6.45) is 4.61. The summed E-state index contributed by atoms with van der Waals surface area (Å²) in [6.45, 7) is 7.35. The van der Waals surface area contributed by atoms with Gasteiger partial charge in [0.25, 0.3) is 0 Å². The summed E-state index contributed by atoms with van der Waals surface area (Å²) in [5.74, 6) is 0.660. The summed E-state index contributed by atoms with van der Waals surface area (Å²) in [5, 5.41) is 19.2. The number of ether oxygens (including phenoxy) is 2. The van der Waals surface area contributed by atoms with Crippen LogP contribution in [0.5, 0.6) is 5.75 Å². The molecule has 2 heterocycles. The predicted octanol–water partition coefficient (Wildman–Crippen LogP) is 5.13. The molecule has 0 radical (unpaired) electrons. The van der Waals surface area contributed by atoms with E-state index in [2.05, 4.69) is 37.0 Å². The summed E-state index contributed by atoms with van der Waals surface area (Å²) in [4.78, 5) is 36.6. The Bertz CT molecular complexity index is 1420. The molecule has 1 aromatic carbocycles. The molecule has 4 N–H and O–H groups in total. The second kappa shape index (κ2) is 12.5. The number of nitrogens with one attached hydrogen (secondary N) is 4. The number of anilines is 2. The zero-order valence-corrected chi connectivity index (χ0v) is 24.2. The molecule has 4 rings (SSSR count). The molecule has 1 fully saturated rings. The molecule has 40 heavy (non-hydrogen) atoms. The number of alkyl carbamates (subject to hydrolysis) is 1. The van der Waals surface area contributed by atoms with Crippen molar-refractivity contribution >= 4 is 46.2 Å². The minimum atomic E-state index is -0.522. The molecule has 1 aliphatic rings. The number of nitriles is 1. The number of carbonyl (C=O) groups excluding carboxylic acids is 2. The number of amides is 2. The number of pyridine rings is 1. The molecular formula is C28H35N7O4S. The predicted molar refractivity (Wildman–Crippen MR) is 155 cm³/mol. The number of thioether (sulfide) groups is 1. The molecule has 212 valence electrons. The third-order valence-corrected chi connectivity index (χ3v) is 7.35. The topological polar surface area (TPSA) is 154 Å². The highest BCUT2D eigenvalue weighted by Gasteiger charge is 2.25. The van der Waals surface area contributed by atoms with Crippen molar-refractivity contribution < 1.29 is 19.1 Å². The van der Waals surface area contributed by atoms with Crippen molar-refractivity contribution in [1.29, 1.82) is 5.26 Å². The van der Waals surface area contributed by atoms with Crippen molar-refractivity contribution in [3.05, 3.63) is 35.7 Å². The molecule has 12 heteroatoms. The smallest absolute Gasteiger partial charge is 0.407 e. The van der Waals surface area contributed by atoms with E-state index in [1.54, 1.807) is 26.3 Å². The van der Waals surface area contributed by atoms with Crippen LogP contribution in [0.4, 0.5) is 16.2 Å². The van der Waals surface area contributed by atoms with Crippen LogP contribution in [0.1, 0.15) is 57.7 Å². The Morgan fingerprint density at radius 2 is 1.93 bits per heavy atom. The fourth-order valence-corrected chi connectivity index (χ4v) is 5.25. The quantitative estimate of drug-likeness (QED) is 0.272. The molecule has 0 spiro atoms. The zero-order chi connectivity index (χ0) is 28.9. The van der Waals surface area contributed by atoms with Crippen molar-refractivity contribution in [3.8, 4) is 11.8 Å². The number of imidazole rings is 1. The van der Waals surface area contributed by atoms with E-state index >= 15 is 0 Å². The number of nitrogens with zero attached hydrogens (tertiary/aromatic N) is 3. The first kappa shape index (κ1) is 29.0. The zero-order valence-electron chi connectivity index (χ0n) is 23.4. The van der Waals surface area contributed by atoms with E-state index in [4.69, 9.17) is 9.47 Å². The molecular weight excluding hydrogens is 530 g/mol. The molecule has 1 aliphatic carbocycles. The fraction of sp³-hybridized carbons (Fsp3) is 0.464. The third kappa shape index (κ3) is 7.57. The highest BCUT2D eigenvalue weighted by molar-refractivity contribution is 7.99. The van der Waals surface area contributed by atoms with Gasteiger partial charge in [-0.1, -0.05) is 11.8 Å². The van der Waals surface area contributed by atoms with E-state index in [0.29, 0.717) is 33.4 Å². The number of rotatable bonds is 8. The first-order valence-electron chi connectivity index (χ1n) is 13.2. The molecule has 2 aromatic heterocycles. The van der Waals surface area contributed by atoms with Crippen molar-refractivity contribution in [2.75, 3.05) is 23.5 Å². The Morgan fingerprint density at radius 3 is 2.60 bits per heavy atom. The van der Waals surface area contributed by atoms with Gasteiger partial charge in [0, 0.05) is 23.3 Å². The van der Waals surface area contributed by atoms with Crippen molar-refractivity contribution in [2.24, 2.45) is 0 Å². The Balaban J connectivity index is 1.30. The van der Waals surface area contributed by atoms with Gasteiger partial charge in [0.1, 0.15) is 23.1 Å². The fourth-order valence-electron chi connectivity index (χ4n) is 4.57. The van der Waals surface area contributed by atoms with Crippen LogP contribution in [-0.2, 0) is 9.53 Å². The van der Waals surface area contributed by atoms with E-state index in [-0.39, 0.29) is 29.8 Å². The minimum Gasteiger partial charge on any atom is -0.495 e. The molecule has 0 unspecified atom stereocenters. The van der Waals surface area contributed by atoms with Crippen molar-refractivity contribution in [3.63, 3.8) is 0 Å². The lowest BCUT2D eigenvalue weighted by Crippen LogP contribution is -2.42. The Labute approximate surface area is 237 Å². The summed E-state index contributed by atoms with van der Waals surface area (Å²) < 4.78 is 10.9. The molecule has 0 aliphatic heterocycles. The molecule has 0 bridgehead atoms. The number of benzene rings is 1. The minimum absolute atomic E-state index is 0.0817. The first-order valence-corrected chi connectivity index (χ1v) is 14.2. The van der Waals surface area contributed by atoms with Crippen LogP contribution in [0.15, 0.2) is 29.6 Å². The second-order valence-corrected chi connectivity index (χ2v) is 11.7. The number of carbonyl (C=O) groups is 2. The lowest BCUT2D eigenvalue weighted by atomic mass is 9.91. The summed E-state index contributed by atoms with van der Waals surface area (Å²) in [6, 6.07) is 7.84. The Hall–Kier alpha value is -3.98. The molecule has 11 nitrogen and oxygen atoms in total.